The van der Waals surface area contributed by atoms with Crippen molar-refractivity contribution in [1.29, 1.82) is 0 Å². The van der Waals surface area contributed by atoms with Gasteiger partial charge < -0.3 is 15.6 Å². The Morgan fingerprint density at radius 3 is 2.67 bits per heavy atom. The molecule has 8 nitrogen and oxygen atoms in total. The molecule has 0 amide bonds. The third-order valence-electron chi connectivity index (χ3n) is 5.08. The van der Waals surface area contributed by atoms with Crippen LogP contribution in [-0.4, -0.2) is 42.4 Å². The second kappa shape index (κ2) is 10.9. The van der Waals surface area contributed by atoms with E-state index in [1.165, 1.54) is 19.3 Å². The summed E-state index contributed by atoms with van der Waals surface area (Å²) < 4.78 is 7.59. The SMILES string of the molecule is CCCCCc1ccc(Cc2cnc3c(N)nc(OC(CCC)CCO)nn23)cn1. The lowest BCUT2D eigenvalue weighted by atomic mass is 10.1. The van der Waals surface area contributed by atoms with Gasteiger partial charge in [0, 0.05) is 31.3 Å². The highest BCUT2D eigenvalue weighted by Gasteiger charge is 2.16. The molecule has 3 rings (SSSR count). The predicted molar refractivity (Wildman–Crippen MR) is 116 cm³/mol. The molecule has 0 saturated heterocycles. The van der Waals surface area contributed by atoms with Gasteiger partial charge in [0.2, 0.25) is 0 Å². The number of nitrogen functional groups attached to an aromatic ring is 1. The molecular formula is C22H32N6O2. The molecule has 30 heavy (non-hydrogen) atoms. The molecule has 0 radical (unpaired) electrons. The zero-order valence-electron chi connectivity index (χ0n) is 17.9. The minimum absolute atomic E-state index is 0.0557. The smallest absolute Gasteiger partial charge is 0.336 e. The van der Waals surface area contributed by atoms with Crippen molar-refractivity contribution in [1.82, 2.24) is 24.6 Å². The second-order valence-electron chi connectivity index (χ2n) is 7.60. The fourth-order valence-electron chi connectivity index (χ4n) is 3.45. The summed E-state index contributed by atoms with van der Waals surface area (Å²) >= 11 is 0. The van der Waals surface area contributed by atoms with Gasteiger partial charge in [0.25, 0.3) is 0 Å². The van der Waals surface area contributed by atoms with Gasteiger partial charge in [-0.25, -0.2) is 9.50 Å². The van der Waals surface area contributed by atoms with E-state index in [0.717, 1.165) is 36.2 Å². The van der Waals surface area contributed by atoms with Crippen molar-refractivity contribution in [2.24, 2.45) is 0 Å². The number of nitrogens with zero attached hydrogens (tertiary/aromatic N) is 5. The standard InChI is InChI=1S/C22H32N6O2/c1-3-5-6-8-17-10-9-16(14-24-17)13-18-15-25-21-20(23)26-22(27-28(18)21)30-19(7-4-2)11-12-29/h9-10,14-15,19,29H,3-8,11-13H2,1-2H3,(H2,23,26,27). The molecule has 0 aliphatic carbocycles. The van der Waals surface area contributed by atoms with Crippen LogP contribution < -0.4 is 10.5 Å². The van der Waals surface area contributed by atoms with Crippen LogP contribution in [0.3, 0.4) is 0 Å². The number of pyridine rings is 1. The maximum Gasteiger partial charge on any atom is 0.336 e. The third kappa shape index (κ3) is 5.66. The van der Waals surface area contributed by atoms with E-state index in [1.807, 2.05) is 6.20 Å². The molecule has 0 bridgehead atoms. The average Bonchev–Trinajstić information content (AvgIpc) is 3.13. The van der Waals surface area contributed by atoms with E-state index in [4.69, 9.17) is 10.5 Å². The Bertz CT molecular complexity index is 919. The van der Waals surface area contributed by atoms with Crippen LogP contribution in [0.2, 0.25) is 0 Å². The summed E-state index contributed by atoms with van der Waals surface area (Å²) in [6, 6.07) is 4.40. The van der Waals surface area contributed by atoms with Crippen molar-refractivity contribution >= 4 is 11.5 Å². The van der Waals surface area contributed by atoms with Crippen molar-refractivity contribution in [3.05, 3.63) is 41.5 Å². The number of unbranched alkanes of at least 4 members (excludes halogenated alkanes) is 2. The van der Waals surface area contributed by atoms with E-state index >= 15 is 0 Å². The second-order valence-corrected chi connectivity index (χ2v) is 7.60. The normalized spacial score (nSPS) is 12.4. The van der Waals surface area contributed by atoms with Gasteiger partial charge in [-0.1, -0.05) is 39.2 Å². The van der Waals surface area contributed by atoms with Gasteiger partial charge in [-0.3, -0.25) is 4.98 Å². The Labute approximate surface area is 177 Å². The van der Waals surface area contributed by atoms with E-state index in [0.29, 0.717) is 18.5 Å². The molecule has 0 aliphatic heterocycles. The monoisotopic (exact) mass is 412 g/mol. The Hall–Kier alpha value is -2.74. The van der Waals surface area contributed by atoms with Crippen LogP contribution in [0.25, 0.3) is 5.65 Å². The highest BCUT2D eigenvalue weighted by atomic mass is 16.5. The number of hydrogen-bond donors (Lipinski definition) is 2. The summed E-state index contributed by atoms with van der Waals surface area (Å²) in [6.07, 6.45) is 11.1. The number of hydrogen-bond acceptors (Lipinski definition) is 7. The summed E-state index contributed by atoms with van der Waals surface area (Å²) in [5, 5.41) is 13.8. The molecule has 0 spiro atoms. The van der Waals surface area contributed by atoms with Gasteiger partial charge in [0.1, 0.15) is 6.10 Å². The zero-order valence-corrected chi connectivity index (χ0v) is 17.9. The molecule has 0 aliphatic rings. The molecule has 1 atom stereocenters. The molecule has 3 aromatic heterocycles. The number of nitrogens with two attached hydrogens (primary N) is 1. The first-order chi connectivity index (χ1) is 14.6. The van der Waals surface area contributed by atoms with Crippen molar-refractivity contribution < 1.29 is 9.84 Å². The van der Waals surface area contributed by atoms with Gasteiger partial charge in [-0.2, -0.15) is 4.98 Å². The maximum absolute atomic E-state index is 9.26. The van der Waals surface area contributed by atoms with Crippen molar-refractivity contribution in [3.8, 4) is 6.01 Å². The summed E-state index contributed by atoms with van der Waals surface area (Å²) in [7, 11) is 0. The zero-order chi connectivity index (χ0) is 21.3. The fraction of sp³-hybridized carbons (Fsp3) is 0.545. The van der Waals surface area contributed by atoms with Gasteiger partial charge in [-0.15, -0.1) is 5.10 Å². The Kier molecular flexibility index (Phi) is 7.96. The molecular weight excluding hydrogens is 380 g/mol. The van der Waals surface area contributed by atoms with Gasteiger partial charge in [0.15, 0.2) is 11.5 Å². The first-order valence-corrected chi connectivity index (χ1v) is 10.9. The largest absolute Gasteiger partial charge is 0.459 e. The molecule has 3 N–H and O–H groups in total. The average molecular weight is 413 g/mol. The molecule has 0 fully saturated rings. The van der Waals surface area contributed by atoms with Crippen molar-refractivity contribution in [2.75, 3.05) is 12.3 Å². The summed E-state index contributed by atoms with van der Waals surface area (Å²) in [6.45, 7) is 4.33. The number of ether oxygens (including phenoxy) is 1. The minimum atomic E-state index is -0.145. The Morgan fingerprint density at radius 1 is 1.10 bits per heavy atom. The quantitative estimate of drug-likeness (QED) is 0.439. The number of rotatable bonds is 12. The van der Waals surface area contributed by atoms with Crippen LogP contribution in [0.1, 0.15) is 69.3 Å². The first kappa shape index (κ1) is 22.0. The lowest BCUT2D eigenvalue weighted by Gasteiger charge is -2.16. The Balaban J connectivity index is 1.77. The number of aliphatic hydroxyl groups is 1. The van der Waals surface area contributed by atoms with Gasteiger partial charge >= 0.3 is 6.01 Å². The summed E-state index contributed by atoms with van der Waals surface area (Å²) in [5.74, 6) is 0.273. The van der Waals surface area contributed by atoms with Crippen LogP contribution in [0.15, 0.2) is 24.5 Å². The highest BCUT2D eigenvalue weighted by Crippen LogP contribution is 2.19. The summed E-state index contributed by atoms with van der Waals surface area (Å²) in [5.41, 5.74) is 9.69. The van der Waals surface area contributed by atoms with Crippen LogP contribution in [-0.2, 0) is 12.8 Å². The van der Waals surface area contributed by atoms with E-state index in [1.54, 1.807) is 10.7 Å². The molecule has 8 heteroatoms. The lowest BCUT2D eigenvalue weighted by Crippen LogP contribution is -2.20. The predicted octanol–water partition coefficient (Wildman–Crippen LogP) is 3.35. The van der Waals surface area contributed by atoms with E-state index in [9.17, 15) is 5.11 Å². The van der Waals surface area contributed by atoms with E-state index in [2.05, 4.69) is 46.0 Å². The number of aryl methyl sites for hydroxylation is 1. The van der Waals surface area contributed by atoms with E-state index < -0.39 is 0 Å². The first-order valence-electron chi connectivity index (χ1n) is 10.9. The van der Waals surface area contributed by atoms with Gasteiger partial charge in [-0.05, 0) is 30.9 Å². The number of aromatic nitrogens is 5. The lowest BCUT2D eigenvalue weighted by molar-refractivity contribution is 0.133. The third-order valence-corrected chi connectivity index (χ3v) is 5.08. The molecule has 0 saturated carbocycles. The number of imidazole rings is 1. The number of anilines is 1. The highest BCUT2D eigenvalue weighted by molar-refractivity contribution is 5.59. The van der Waals surface area contributed by atoms with Gasteiger partial charge in [0.05, 0.1) is 11.9 Å². The van der Waals surface area contributed by atoms with E-state index in [-0.39, 0.29) is 24.5 Å². The number of fused-ring (bicyclic) bond motifs is 1. The van der Waals surface area contributed by atoms with Crippen LogP contribution >= 0.6 is 0 Å². The summed E-state index contributed by atoms with van der Waals surface area (Å²) in [4.78, 5) is 13.2. The van der Waals surface area contributed by atoms with Crippen LogP contribution in [0.5, 0.6) is 6.01 Å². The topological polar surface area (TPSA) is 111 Å². The molecule has 1 unspecified atom stereocenters. The van der Waals surface area contributed by atoms with Crippen LogP contribution in [0, 0.1) is 0 Å². The minimum Gasteiger partial charge on any atom is -0.459 e. The molecule has 0 aromatic carbocycles. The molecule has 3 aromatic rings. The molecule has 3 heterocycles. The molecule has 162 valence electrons. The van der Waals surface area contributed by atoms with Crippen LogP contribution in [0.4, 0.5) is 5.82 Å². The maximum atomic E-state index is 9.26. The fourth-order valence-corrected chi connectivity index (χ4v) is 3.45. The van der Waals surface area contributed by atoms with Crippen molar-refractivity contribution in [3.63, 3.8) is 0 Å². The Morgan fingerprint density at radius 2 is 1.97 bits per heavy atom. The van der Waals surface area contributed by atoms with Crippen molar-refractivity contribution in [2.45, 2.75) is 71.3 Å². The number of aliphatic hydroxyl groups excluding tert-OH is 1.